The van der Waals surface area contributed by atoms with E-state index in [4.69, 9.17) is 11.0 Å². The van der Waals surface area contributed by atoms with Crippen molar-refractivity contribution in [1.82, 2.24) is 0 Å². The molecule has 0 bridgehead atoms. The highest BCUT2D eigenvalue weighted by Gasteiger charge is 2.13. The Morgan fingerprint density at radius 3 is 2.15 bits per heavy atom. The van der Waals surface area contributed by atoms with Crippen LogP contribution in [0.2, 0.25) is 0 Å². The highest BCUT2D eigenvalue weighted by Crippen LogP contribution is 2.23. The van der Waals surface area contributed by atoms with E-state index in [9.17, 15) is 0 Å². The molecule has 0 aliphatic heterocycles. The molecule has 1 aromatic rings. The van der Waals surface area contributed by atoms with Crippen molar-refractivity contribution in [3.8, 4) is 6.07 Å². The van der Waals surface area contributed by atoms with Gasteiger partial charge in [-0.15, -0.1) is 0 Å². The summed E-state index contributed by atoms with van der Waals surface area (Å²) < 4.78 is 0. The third-order valence-corrected chi connectivity index (χ3v) is 2.10. The lowest BCUT2D eigenvalue weighted by molar-refractivity contribution is 0.587. The monoisotopic (exact) mass is 174 g/mol. The highest BCUT2D eigenvalue weighted by atomic mass is 14.5. The molecule has 1 atom stereocenters. The third-order valence-electron chi connectivity index (χ3n) is 2.10. The van der Waals surface area contributed by atoms with Crippen molar-refractivity contribution in [2.24, 2.45) is 5.92 Å². The lowest BCUT2D eigenvalue weighted by Crippen LogP contribution is -2.03. The highest BCUT2D eigenvalue weighted by molar-refractivity contribution is 5.41. The Morgan fingerprint density at radius 2 is 1.77 bits per heavy atom. The van der Waals surface area contributed by atoms with Gasteiger partial charge >= 0.3 is 0 Å². The molecule has 0 saturated heterocycles. The topological polar surface area (TPSA) is 49.8 Å². The molecular formula is C11H14N2. The van der Waals surface area contributed by atoms with E-state index >= 15 is 0 Å². The number of nitrogen functional groups attached to an aromatic ring is 1. The average molecular weight is 174 g/mol. The second kappa shape index (κ2) is 3.95. The summed E-state index contributed by atoms with van der Waals surface area (Å²) in [5.74, 6) is 0.314. The predicted octanol–water partition coefficient (Wildman–Crippen LogP) is 2.53. The number of hydrogen-bond acceptors (Lipinski definition) is 2. The van der Waals surface area contributed by atoms with Crippen LogP contribution >= 0.6 is 0 Å². The number of anilines is 1. The molecule has 1 rings (SSSR count). The van der Waals surface area contributed by atoms with Gasteiger partial charge in [-0.3, -0.25) is 0 Å². The first kappa shape index (κ1) is 9.60. The molecule has 0 heterocycles. The normalized spacial score (nSPS) is 12.5. The van der Waals surface area contributed by atoms with Gasteiger partial charge in [0.05, 0.1) is 12.0 Å². The smallest absolute Gasteiger partial charge is 0.0735 e. The number of nitrogens with two attached hydrogens (primary N) is 1. The van der Waals surface area contributed by atoms with Crippen LogP contribution in [0.5, 0.6) is 0 Å². The van der Waals surface area contributed by atoms with Crippen molar-refractivity contribution >= 4 is 5.69 Å². The Kier molecular flexibility index (Phi) is 2.92. The average Bonchev–Trinajstić information content (AvgIpc) is 2.09. The first-order valence-electron chi connectivity index (χ1n) is 4.40. The Labute approximate surface area is 79.0 Å². The summed E-state index contributed by atoms with van der Waals surface area (Å²) >= 11 is 0. The zero-order valence-corrected chi connectivity index (χ0v) is 7.99. The van der Waals surface area contributed by atoms with Gasteiger partial charge in [-0.05, 0) is 23.6 Å². The van der Waals surface area contributed by atoms with Gasteiger partial charge in [0.2, 0.25) is 0 Å². The van der Waals surface area contributed by atoms with Crippen LogP contribution in [0.1, 0.15) is 25.3 Å². The molecule has 0 amide bonds. The number of rotatable bonds is 2. The summed E-state index contributed by atoms with van der Waals surface area (Å²) in [4.78, 5) is 0. The Morgan fingerprint density at radius 1 is 1.23 bits per heavy atom. The van der Waals surface area contributed by atoms with Crippen LogP contribution in [0.15, 0.2) is 24.3 Å². The fourth-order valence-electron chi connectivity index (χ4n) is 1.31. The second-order valence-electron chi connectivity index (χ2n) is 3.52. The summed E-state index contributed by atoms with van der Waals surface area (Å²) in [6.07, 6.45) is 0. The van der Waals surface area contributed by atoms with Crippen LogP contribution < -0.4 is 5.73 Å². The van der Waals surface area contributed by atoms with Gasteiger partial charge in [-0.1, -0.05) is 26.0 Å². The number of nitrogens with zero attached hydrogens (tertiary/aromatic N) is 1. The molecule has 2 N–H and O–H groups in total. The maximum absolute atomic E-state index is 8.94. The van der Waals surface area contributed by atoms with Crippen molar-refractivity contribution in [3.63, 3.8) is 0 Å². The van der Waals surface area contributed by atoms with E-state index in [0.29, 0.717) is 5.92 Å². The quantitative estimate of drug-likeness (QED) is 0.700. The fraction of sp³-hybridized carbons (Fsp3) is 0.364. The molecular weight excluding hydrogens is 160 g/mol. The lowest BCUT2D eigenvalue weighted by Gasteiger charge is -2.12. The third kappa shape index (κ3) is 2.22. The van der Waals surface area contributed by atoms with E-state index in [-0.39, 0.29) is 5.92 Å². The minimum absolute atomic E-state index is 0.0272. The molecule has 0 radical (unpaired) electrons. The molecule has 13 heavy (non-hydrogen) atoms. The summed E-state index contributed by atoms with van der Waals surface area (Å²) in [6, 6.07) is 9.81. The standard InChI is InChI=1S/C11H14N2/c1-8(2)11(7-12)9-3-5-10(13)6-4-9/h3-6,8,11H,13H2,1-2H3/t11-/m0/s1. The second-order valence-corrected chi connectivity index (χ2v) is 3.52. The number of benzene rings is 1. The number of hydrogen-bond donors (Lipinski definition) is 1. The van der Waals surface area contributed by atoms with E-state index in [1.54, 1.807) is 0 Å². The maximum Gasteiger partial charge on any atom is 0.0735 e. The molecule has 0 aliphatic carbocycles. The van der Waals surface area contributed by atoms with Gasteiger partial charge in [0, 0.05) is 5.69 Å². The Balaban J connectivity index is 2.94. The number of nitriles is 1. The lowest BCUT2D eigenvalue weighted by atomic mass is 9.90. The van der Waals surface area contributed by atoms with Crippen LogP contribution in [-0.4, -0.2) is 0 Å². The fourth-order valence-corrected chi connectivity index (χ4v) is 1.31. The predicted molar refractivity (Wildman–Crippen MR) is 54.0 cm³/mol. The van der Waals surface area contributed by atoms with Crippen molar-refractivity contribution in [2.45, 2.75) is 19.8 Å². The molecule has 68 valence electrons. The summed E-state index contributed by atoms with van der Waals surface area (Å²) in [5.41, 5.74) is 7.35. The molecule has 2 nitrogen and oxygen atoms in total. The van der Waals surface area contributed by atoms with Crippen molar-refractivity contribution in [2.75, 3.05) is 5.73 Å². The molecule has 2 heteroatoms. The van der Waals surface area contributed by atoms with Gasteiger partial charge in [-0.2, -0.15) is 5.26 Å². The largest absolute Gasteiger partial charge is 0.399 e. The minimum atomic E-state index is -0.0272. The molecule has 0 aliphatic rings. The maximum atomic E-state index is 8.94. The summed E-state index contributed by atoms with van der Waals surface area (Å²) in [6.45, 7) is 4.09. The Hall–Kier alpha value is -1.49. The van der Waals surface area contributed by atoms with Crippen molar-refractivity contribution in [3.05, 3.63) is 29.8 Å². The van der Waals surface area contributed by atoms with E-state index in [1.165, 1.54) is 0 Å². The van der Waals surface area contributed by atoms with E-state index in [2.05, 4.69) is 6.07 Å². The molecule has 0 fully saturated rings. The minimum Gasteiger partial charge on any atom is -0.399 e. The first-order valence-corrected chi connectivity index (χ1v) is 4.40. The van der Waals surface area contributed by atoms with Gasteiger partial charge in [0.15, 0.2) is 0 Å². The van der Waals surface area contributed by atoms with Gasteiger partial charge in [0.1, 0.15) is 0 Å². The van der Waals surface area contributed by atoms with Gasteiger partial charge in [-0.25, -0.2) is 0 Å². The molecule has 1 aromatic carbocycles. The molecule has 0 aromatic heterocycles. The van der Waals surface area contributed by atoms with Crippen LogP contribution in [0.25, 0.3) is 0 Å². The molecule has 0 unspecified atom stereocenters. The van der Waals surface area contributed by atoms with Crippen molar-refractivity contribution < 1.29 is 0 Å². The zero-order valence-electron chi connectivity index (χ0n) is 7.99. The van der Waals surface area contributed by atoms with Crippen molar-refractivity contribution in [1.29, 1.82) is 5.26 Å². The van der Waals surface area contributed by atoms with Crippen LogP contribution in [0, 0.1) is 17.2 Å². The van der Waals surface area contributed by atoms with E-state index in [0.717, 1.165) is 11.3 Å². The SMILES string of the molecule is CC(C)[C@H](C#N)c1ccc(N)cc1. The summed E-state index contributed by atoms with van der Waals surface area (Å²) in [7, 11) is 0. The Bertz CT molecular complexity index is 306. The molecule has 0 spiro atoms. The summed E-state index contributed by atoms with van der Waals surface area (Å²) in [5, 5.41) is 8.94. The van der Waals surface area contributed by atoms with Crippen LogP contribution in [-0.2, 0) is 0 Å². The molecule has 0 saturated carbocycles. The van der Waals surface area contributed by atoms with E-state index < -0.39 is 0 Å². The zero-order chi connectivity index (χ0) is 9.84. The van der Waals surface area contributed by atoms with E-state index in [1.807, 2.05) is 38.1 Å². The first-order chi connectivity index (χ1) is 6.15. The van der Waals surface area contributed by atoms with Gasteiger partial charge in [0.25, 0.3) is 0 Å². The van der Waals surface area contributed by atoms with Crippen LogP contribution in [0.4, 0.5) is 5.69 Å². The van der Waals surface area contributed by atoms with Gasteiger partial charge < -0.3 is 5.73 Å². The van der Waals surface area contributed by atoms with Crippen LogP contribution in [0.3, 0.4) is 0 Å².